The molecule has 2 aromatic carbocycles. The number of nitrogens with one attached hydrogen (secondary N) is 2. The molecule has 5 N–H and O–H groups in total. The van der Waals surface area contributed by atoms with Crippen LogP contribution < -0.4 is 22.1 Å². The molecule has 1 amide bonds. The van der Waals surface area contributed by atoms with E-state index in [1.54, 1.807) is 4.90 Å². The standard InChI is InChI=1S/C27H26ClF3N8O3/c28-17-3-2-15(12-20(17)40)38-21-22(32)35-25(36-23(21)39(26(38)42)16-5-6-27(30,31)13-16)34-19-4-1-14(11-18(19)29)24(41)37-9-7-33-8-10-37/h1-4,11-12,16,33,40H,5-10,13H2,(H3,32,34,35,36). The second-order valence-corrected chi connectivity index (χ2v) is 10.7. The summed E-state index contributed by atoms with van der Waals surface area (Å²) in [7, 11) is 0. The van der Waals surface area contributed by atoms with Gasteiger partial charge < -0.3 is 26.4 Å². The third-order valence-corrected chi connectivity index (χ3v) is 7.86. The summed E-state index contributed by atoms with van der Waals surface area (Å²) in [5.41, 5.74) is 5.84. The molecule has 42 heavy (non-hydrogen) atoms. The third-order valence-electron chi connectivity index (χ3n) is 7.54. The first kappa shape index (κ1) is 27.8. The van der Waals surface area contributed by atoms with E-state index in [4.69, 9.17) is 17.3 Å². The average molecular weight is 603 g/mol. The number of aromatic hydroxyl groups is 1. The maximum Gasteiger partial charge on any atom is 0.335 e. The highest BCUT2D eigenvalue weighted by molar-refractivity contribution is 6.32. The highest BCUT2D eigenvalue weighted by atomic mass is 35.5. The minimum atomic E-state index is -2.97. The number of hydrogen-bond donors (Lipinski definition) is 4. The number of halogens is 4. The second-order valence-electron chi connectivity index (χ2n) is 10.3. The van der Waals surface area contributed by atoms with Crippen molar-refractivity contribution in [2.45, 2.75) is 31.2 Å². The molecule has 11 nitrogen and oxygen atoms in total. The number of nitrogen functional groups attached to an aromatic ring is 1. The van der Waals surface area contributed by atoms with E-state index in [2.05, 4.69) is 20.6 Å². The second kappa shape index (κ2) is 10.5. The number of anilines is 3. The first-order chi connectivity index (χ1) is 20.0. The Morgan fingerprint density at radius 3 is 2.60 bits per heavy atom. The van der Waals surface area contributed by atoms with Gasteiger partial charge in [0.2, 0.25) is 11.9 Å². The molecule has 1 unspecified atom stereocenters. The van der Waals surface area contributed by atoms with Gasteiger partial charge in [0.15, 0.2) is 11.5 Å². The fourth-order valence-corrected chi connectivity index (χ4v) is 5.59. The van der Waals surface area contributed by atoms with Gasteiger partial charge in [-0.25, -0.2) is 18.0 Å². The lowest BCUT2D eigenvalue weighted by atomic mass is 10.1. The van der Waals surface area contributed by atoms with Crippen LogP contribution in [-0.2, 0) is 0 Å². The first-order valence-corrected chi connectivity index (χ1v) is 13.6. The number of carbonyl (C=O) groups is 1. The fraction of sp³-hybridized carbons (Fsp3) is 0.333. The fourth-order valence-electron chi connectivity index (χ4n) is 5.47. The maximum atomic E-state index is 15.1. The summed E-state index contributed by atoms with van der Waals surface area (Å²) in [4.78, 5) is 36.7. The quantitative estimate of drug-likeness (QED) is 0.270. The molecular formula is C27H26ClF3N8O3. The lowest BCUT2D eigenvalue weighted by molar-refractivity contribution is 0.00564. The van der Waals surface area contributed by atoms with Crippen molar-refractivity contribution in [2.24, 2.45) is 0 Å². The van der Waals surface area contributed by atoms with E-state index in [1.807, 2.05) is 0 Å². The Kier molecular flexibility index (Phi) is 6.97. The molecule has 2 fully saturated rings. The Bertz CT molecular complexity index is 1770. The van der Waals surface area contributed by atoms with Crippen LogP contribution in [0.5, 0.6) is 5.75 Å². The molecule has 3 heterocycles. The van der Waals surface area contributed by atoms with Crippen molar-refractivity contribution in [1.29, 1.82) is 0 Å². The highest BCUT2D eigenvalue weighted by Gasteiger charge is 2.42. The summed E-state index contributed by atoms with van der Waals surface area (Å²) in [5, 5.41) is 16.1. The van der Waals surface area contributed by atoms with Gasteiger partial charge in [-0.2, -0.15) is 9.97 Å². The minimum absolute atomic E-state index is 0.0156. The zero-order valence-electron chi connectivity index (χ0n) is 22.1. The van der Waals surface area contributed by atoms with Gasteiger partial charge in [0.05, 0.1) is 16.4 Å². The van der Waals surface area contributed by atoms with Crippen LogP contribution >= 0.6 is 11.6 Å². The van der Waals surface area contributed by atoms with Crippen molar-refractivity contribution in [3.63, 3.8) is 0 Å². The molecule has 6 rings (SSSR count). The molecule has 4 aromatic rings. The molecule has 0 radical (unpaired) electrons. The molecule has 0 spiro atoms. The van der Waals surface area contributed by atoms with Crippen molar-refractivity contribution in [2.75, 3.05) is 37.2 Å². The first-order valence-electron chi connectivity index (χ1n) is 13.3. The molecule has 1 aliphatic heterocycles. The number of phenolic OH excluding ortho intramolecular Hbond substituents is 1. The lowest BCUT2D eigenvalue weighted by Crippen LogP contribution is -2.46. The molecule has 2 aliphatic rings. The van der Waals surface area contributed by atoms with E-state index in [1.165, 1.54) is 30.3 Å². The van der Waals surface area contributed by atoms with Crippen LogP contribution in [0.15, 0.2) is 41.2 Å². The molecule has 1 aliphatic carbocycles. The van der Waals surface area contributed by atoms with Gasteiger partial charge in [-0.05, 0) is 36.8 Å². The normalized spacial score (nSPS) is 18.5. The van der Waals surface area contributed by atoms with Crippen LogP contribution in [0.2, 0.25) is 5.02 Å². The molecule has 0 bridgehead atoms. The van der Waals surface area contributed by atoms with E-state index < -0.39 is 36.3 Å². The summed E-state index contributed by atoms with van der Waals surface area (Å²) in [6.07, 6.45) is -0.974. The number of amides is 1. The number of hydrogen-bond acceptors (Lipinski definition) is 8. The molecule has 1 saturated heterocycles. The molecular weight excluding hydrogens is 577 g/mol. The number of piperazine rings is 1. The molecule has 15 heteroatoms. The van der Waals surface area contributed by atoms with Crippen molar-refractivity contribution >= 4 is 46.1 Å². The summed E-state index contributed by atoms with van der Waals surface area (Å²) in [5.74, 6) is -4.69. The van der Waals surface area contributed by atoms with Gasteiger partial charge in [0, 0.05) is 56.7 Å². The van der Waals surface area contributed by atoms with Gasteiger partial charge in [-0.3, -0.25) is 13.9 Å². The number of benzene rings is 2. The summed E-state index contributed by atoms with van der Waals surface area (Å²) < 4.78 is 45.8. The smallest absolute Gasteiger partial charge is 0.335 e. The maximum absolute atomic E-state index is 15.1. The Labute approximate surface area is 241 Å². The van der Waals surface area contributed by atoms with Gasteiger partial charge in [-0.15, -0.1) is 0 Å². The van der Waals surface area contributed by atoms with E-state index in [0.29, 0.717) is 26.2 Å². The largest absolute Gasteiger partial charge is 0.506 e. The molecule has 220 valence electrons. The molecule has 2 aromatic heterocycles. The zero-order chi connectivity index (χ0) is 29.8. The number of nitrogens with two attached hydrogens (primary N) is 1. The Hall–Kier alpha value is -4.30. The highest BCUT2D eigenvalue weighted by Crippen LogP contribution is 2.42. The van der Waals surface area contributed by atoms with E-state index in [9.17, 15) is 23.5 Å². The Morgan fingerprint density at radius 1 is 1.17 bits per heavy atom. The van der Waals surface area contributed by atoms with Crippen molar-refractivity contribution in [1.82, 2.24) is 29.3 Å². The van der Waals surface area contributed by atoms with E-state index in [0.717, 1.165) is 15.2 Å². The van der Waals surface area contributed by atoms with Gasteiger partial charge >= 0.3 is 5.69 Å². The number of fused-ring (bicyclic) bond motifs is 1. The van der Waals surface area contributed by atoms with Crippen molar-refractivity contribution in [3.8, 4) is 11.4 Å². The van der Waals surface area contributed by atoms with Gasteiger partial charge in [0.1, 0.15) is 17.1 Å². The van der Waals surface area contributed by atoms with Crippen LogP contribution in [-0.4, -0.2) is 67.1 Å². The van der Waals surface area contributed by atoms with Crippen LogP contribution in [0.25, 0.3) is 16.9 Å². The third kappa shape index (κ3) is 5.00. The van der Waals surface area contributed by atoms with Crippen molar-refractivity contribution in [3.05, 3.63) is 63.3 Å². The van der Waals surface area contributed by atoms with E-state index in [-0.39, 0.29) is 63.0 Å². The topological polar surface area (TPSA) is 143 Å². The number of phenols is 1. The zero-order valence-corrected chi connectivity index (χ0v) is 22.8. The van der Waals surface area contributed by atoms with Crippen LogP contribution in [0.3, 0.4) is 0 Å². The lowest BCUT2D eigenvalue weighted by Gasteiger charge is -2.27. The van der Waals surface area contributed by atoms with Crippen LogP contribution in [0.4, 0.5) is 30.6 Å². The predicted octanol–water partition coefficient (Wildman–Crippen LogP) is 3.81. The molecule has 1 saturated carbocycles. The summed E-state index contributed by atoms with van der Waals surface area (Å²) in [6, 6.07) is 7.11. The average Bonchev–Trinajstić information content (AvgIpc) is 3.46. The summed E-state index contributed by atoms with van der Waals surface area (Å²) in [6.45, 7) is 2.33. The van der Waals surface area contributed by atoms with Gasteiger partial charge in [0.25, 0.3) is 5.91 Å². The Morgan fingerprint density at radius 2 is 1.93 bits per heavy atom. The number of alkyl halides is 2. The summed E-state index contributed by atoms with van der Waals surface area (Å²) >= 11 is 5.94. The number of carbonyl (C=O) groups excluding carboxylic acids is 1. The van der Waals surface area contributed by atoms with Gasteiger partial charge in [-0.1, -0.05) is 11.6 Å². The van der Waals surface area contributed by atoms with Crippen molar-refractivity contribution < 1.29 is 23.1 Å². The number of aromatic nitrogens is 4. The van der Waals surface area contributed by atoms with Crippen LogP contribution in [0, 0.1) is 5.82 Å². The minimum Gasteiger partial charge on any atom is -0.506 e. The predicted molar refractivity (Wildman–Crippen MR) is 151 cm³/mol. The number of imidazole rings is 1. The number of rotatable bonds is 5. The Balaban J connectivity index is 1.41. The monoisotopic (exact) mass is 602 g/mol. The van der Waals surface area contributed by atoms with E-state index >= 15 is 4.39 Å². The molecule has 1 atom stereocenters. The van der Waals surface area contributed by atoms with Crippen LogP contribution in [0.1, 0.15) is 35.7 Å². The SMILES string of the molecule is Nc1nc(Nc2ccc(C(=O)N3CCNCC3)cc2F)nc2c1n(-c1ccc(Cl)c(O)c1)c(=O)n2C1CCC(F)(F)C1. The number of nitrogens with zero attached hydrogens (tertiary/aromatic N) is 5.